The molecule has 0 saturated heterocycles. The Balaban J connectivity index is 1.70. The second kappa shape index (κ2) is 7.36. The van der Waals surface area contributed by atoms with E-state index in [0.717, 1.165) is 11.1 Å². The van der Waals surface area contributed by atoms with E-state index < -0.39 is 5.56 Å². The molecule has 0 aliphatic rings. The number of nitrogens with one attached hydrogen (secondary N) is 2. The maximum absolute atomic E-state index is 12.9. The van der Waals surface area contributed by atoms with E-state index in [2.05, 4.69) is 15.3 Å². The Morgan fingerprint density at radius 1 is 1.00 bits per heavy atom. The number of H-pyrrole nitrogens is 1. The summed E-state index contributed by atoms with van der Waals surface area (Å²) in [6.45, 7) is 0. The number of aromatic nitrogens is 2. The van der Waals surface area contributed by atoms with Gasteiger partial charge in [-0.1, -0.05) is 30.3 Å². The van der Waals surface area contributed by atoms with Crippen molar-refractivity contribution in [2.45, 2.75) is 6.42 Å². The van der Waals surface area contributed by atoms with Gasteiger partial charge in [0.25, 0.3) is 5.56 Å². The predicted octanol–water partition coefficient (Wildman–Crippen LogP) is 3.67. The van der Waals surface area contributed by atoms with Gasteiger partial charge in [-0.2, -0.15) is 0 Å². The third-order valence-electron chi connectivity index (χ3n) is 4.51. The fraction of sp³-hybridized carbons (Fsp3) is 0.0455. The van der Waals surface area contributed by atoms with Gasteiger partial charge in [-0.25, -0.2) is 4.98 Å². The molecule has 6 nitrogen and oxygen atoms in total. The summed E-state index contributed by atoms with van der Waals surface area (Å²) in [6.07, 6.45) is 1.53. The van der Waals surface area contributed by atoms with Gasteiger partial charge in [0.1, 0.15) is 11.5 Å². The van der Waals surface area contributed by atoms with E-state index >= 15 is 0 Å². The monoisotopic (exact) mass is 370 g/mol. The minimum atomic E-state index is -0.393. The molecule has 0 atom stereocenters. The SMILES string of the molecule is Nc1c(CC(=O)c2cccc3ccc(Nc4ccccc4)nc23)cc[nH]c1=O. The Kier molecular flexibility index (Phi) is 4.60. The zero-order valence-corrected chi connectivity index (χ0v) is 15.0. The molecule has 0 aliphatic heterocycles. The minimum absolute atomic E-state index is 0.0346. The molecule has 0 amide bonds. The molecule has 0 aliphatic carbocycles. The van der Waals surface area contributed by atoms with Crippen LogP contribution in [-0.4, -0.2) is 15.8 Å². The standard InChI is InChI=1S/C22H18N4O2/c23-20-15(11-12-24-22(20)28)13-18(27)17-8-4-5-14-9-10-19(26-21(14)17)25-16-6-2-1-3-7-16/h1-12H,13,23H2,(H,24,28)(H,25,26). The molecule has 0 spiro atoms. The molecule has 138 valence electrons. The van der Waals surface area contributed by atoms with Gasteiger partial charge >= 0.3 is 0 Å². The Morgan fingerprint density at radius 3 is 2.64 bits per heavy atom. The maximum atomic E-state index is 12.9. The zero-order valence-electron chi connectivity index (χ0n) is 15.0. The van der Waals surface area contributed by atoms with Crippen LogP contribution in [0.15, 0.2) is 77.7 Å². The Bertz CT molecular complexity index is 1220. The first-order valence-electron chi connectivity index (χ1n) is 8.83. The van der Waals surface area contributed by atoms with E-state index in [9.17, 15) is 9.59 Å². The van der Waals surface area contributed by atoms with Gasteiger partial charge in [0.15, 0.2) is 5.78 Å². The summed E-state index contributed by atoms with van der Waals surface area (Å²) in [5.41, 5.74) is 8.00. The van der Waals surface area contributed by atoms with Crippen LogP contribution in [0.2, 0.25) is 0 Å². The number of carbonyl (C=O) groups excluding carboxylic acids is 1. The number of carbonyl (C=O) groups is 1. The Labute approximate surface area is 161 Å². The highest BCUT2D eigenvalue weighted by molar-refractivity contribution is 6.08. The van der Waals surface area contributed by atoms with Crippen molar-refractivity contribution in [1.29, 1.82) is 0 Å². The summed E-state index contributed by atoms with van der Waals surface area (Å²) in [4.78, 5) is 31.8. The van der Waals surface area contributed by atoms with Crippen LogP contribution in [0.3, 0.4) is 0 Å². The smallest absolute Gasteiger partial charge is 0.271 e. The summed E-state index contributed by atoms with van der Waals surface area (Å²) in [5, 5.41) is 4.10. The second-order valence-corrected chi connectivity index (χ2v) is 6.41. The lowest BCUT2D eigenvalue weighted by Gasteiger charge is -2.10. The molecule has 2 heterocycles. The van der Waals surface area contributed by atoms with E-state index in [1.807, 2.05) is 54.6 Å². The quantitative estimate of drug-likeness (QED) is 0.465. The maximum Gasteiger partial charge on any atom is 0.271 e. The third-order valence-corrected chi connectivity index (χ3v) is 4.51. The lowest BCUT2D eigenvalue weighted by molar-refractivity contribution is 0.0994. The van der Waals surface area contributed by atoms with Crippen molar-refractivity contribution in [1.82, 2.24) is 9.97 Å². The van der Waals surface area contributed by atoms with Crippen molar-refractivity contribution < 1.29 is 4.79 Å². The Morgan fingerprint density at radius 2 is 1.82 bits per heavy atom. The summed E-state index contributed by atoms with van der Waals surface area (Å²) in [6, 6.07) is 20.6. The molecule has 4 rings (SSSR count). The van der Waals surface area contributed by atoms with Crippen molar-refractivity contribution >= 4 is 33.9 Å². The lowest BCUT2D eigenvalue weighted by Crippen LogP contribution is -2.16. The van der Waals surface area contributed by atoms with Crippen LogP contribution in [0, 0.1) is 0 Å². The number of hydrogen-bond acceptors (Lipinski definition) is 5. The molecular weight excluding hydrogens is 352 g/mol. The zero-order chi connectivity index (χ0) is 19.5. The highest BCUT2D eigenvalue weighted by Crippen LogP contribution is 2.23. The van der Waals surface area contributed by atoms with Crippen molar-refractivity contribution in [3.05, 3.63) is 94.4 Å². The number of pyridine rings is 2. The molecule has 4 aromatic rings. The first-order chi connectivity index (χ1) is 13.6. The van der Waals surface area contributed by atoms with Gasteiger partial charge in [0.2, 0.25) is 0 Å². The number of fused-ring (bicyclic) bond motifs is 1. The van der Waals surface area contributed by atoms with E-state index in [1.54, 1.807) is 12.1 Å². The number of nitrogens with zero attached hydrogens (tertiary/aromatic N) is 1. The topological polar surface area (TPSA) is 101 Å². The average molecular weight is 370 g/mol. The van der Waals surface area contributed by atoms with Crippen LogP contribution in [0.4, 0.5) is 17.2 Å². The first-order valence-corrected chi connectivity index (χ1v) is 8.83. The van der Waals surface area contributed by atoms with Gasteiger partial charge in [-0.3, -0.25) is 9.59 Å². The highest BCUT2D eigenvalue weighted by atomic mass is 16.1. The number of nitrogens with two attached hydrogens (primary N) is 1. The van der Waals surface area contributed by atoms with Crippen LogP contribution in [0.25, 0.3) is 10.9 Å². The van der Waals surface area contributed by atoms with Crippen molar-refractivity contribution in [3.63, 3.8) is 0 Å². The summed E-state index contributed by atoms with van der Waals surface area (Å²) >= 11 is 0. The van der Waals surface area contributed by atoms with Gasteiger partial charge in [0, 0.05) is 29.3 Å². The molecule has 0 unspecified atom stereocenters. The molecule has 2 aromatic carbocycles. The summed E-state index contributed by atoms with van der Waals surface area (Å²) < 4.78 is 0. The average Bonchev–Trinajstić information content (AvgIpc) is 2.71. The Hall–Kier alpha value is -3.93. The van der Waals surface area contributed by atoms with Crippen LogP contribution in [-0.2, 0) is 6.42 Å². The van der Waals surface area contributed by atoms with Crippen LogP contribution in [0.1, 0.15) is 15.9 Å². The largest absolute Gasteiger partial charge is 0.394 e. The van der Waals surface area contributed by atoms with Crippen molar-refractivity contribution in [2.75, 3.05) is 11.1 Å². The third kappa shape index (κ3) is 3.48. The van der Waals surface area contributed by atoms with Gasteiger partial charge < -0.3 is 16.0 Å². The van der Waals surface area contributed by atoms with Gasteiger partial charge in [-0.05, 0) is 42.0 Å². The number of anilines is 3. The number of Topliss-reactive ketones (excluding diaryl/α,β-unsaturated/α-hetero) is 1. The van der Waals surface area contributed by atoms with Gasteiger partial charge in [-0.15, -0.1) is 0 Å². The molecule has 0 saturated carbocycles. The number of aromatic amines is 1. The van der Waals surface area contributed by atoms with Crippen LogP contribution >= 0.6 is 0 Å². The predicted molar refractivity (Wildman–Crippen MR) is 111 cm³/mol. The van der Waals surface area contributed by atoms with E-state index in [-0.39, 0.29) is 17.9 Å². The number of nitrogen functional groups attached to an aromatic ring is 1. The first kappa shape index (κ1) is 17.5. The molecule has 28 heavy (non-hydrogen) atoms. The molecule has 2 aromatic heterocycles. The number of hydrogen-bond donors (Lipinski definition) is 3. The number of benzene rings is 2. The molecule has 0 radical (unpaired) electrons. The normalized spacial score (nSPS) is 10.7. The van der Waals surface area contributed by atoms with E-state index in [1.165, 1.54) is 6.20 Å². The molecule has 0 fully saturated rings. The van der Waals surface area contributed by atoms with Crippen molar-refractivity contribution in [3.8, 4) is 0 Å². The van der Waals surface area contributed by atoms with E-state index in [0.29, 0.717) is 22.5 Å². The van der Waals surface area contributed by atoms with Crippen LogP contribution < -0.4 is 16.6 Å². The fourth-order valence-corrected chi connectivity index (χ4v) is 3.06. The van der Waals surface area contributed by atoms with Crippen LogP contribution in [0.5, 0.6) is 0 Å². The lowest BCUT2D eigenvalue weighted by atomic mass is 10.00. The van der Waals surface area contributed by atoms with E-state index in [4.69, 9.17) is 5.73 Å². The fourth-order valence-electron chi connectivity index (χ4n) is 3.06. The molecular formula is C22H18N4O2. The number of ketones is 1. The van der Waals surface area contributed by atoms with Crippen molar-refractivity contribution in [2.24, 2.45) is 0 Å². The molecule has 0 bridgehead atoms. The number of para-hydroxylation sites is 2. The second-order valence-electron chi connectivity index (χ2n) is 6.41. The molecule has 4 N–H and O–H groups in total. The summed E-state index contributed by atoms with van der Waals surface area (Å²) in [5.74, 6) is 0.502. The van der Waals surface area contributed by atoms with Gasteiger partial charge in [0.05, 0.1) is 5.52 Å². The minimum Gasteiger partial charge on any atom is -0.394 e. The molecule has 6 heteroatoms. The number of rotatable bonds is 5. The summed E-state index contributed by atoms with van der Waals surface area (Å²) in [7, 11) is 0. The highest BCUT2D eigenvalue weighted by Gasteiger charge is 2.15.